The van der Waals surface area contributed by atoms with E-state index in [1.165, 1.54) is 0 Å². The number of nitrogens with one attached hydrogen (secondary N) is 2. The summed E-state index contributed by atoms with van der Waals surface area (Å²) in [5, 5.41) is 2.88. The van der Waals surface area contributed by atoms with Gasteiger partial charge in [-0.2, -0.15) is 0 Å². The summed E-state index contributed by atoms with van der Waals surface area (Å²) >= 11 is 0. The van der Waals surface area contributed by atoms with Crippen LogP contribution in [0.15, 0.2) is 78.9 Å². The van der Waals surface area contributed by atoms with Crippen molar-refractivity contribution in [3.05, 3.63) is 84.7 Å². The van der Waals surface area contributed by atoms with Crippen molar-refractivity contribution in [3.63, 3.8) is 0 Å². The van der Waals surface area contributed by atoms with Crippen LogP contribution >= 0.6 is 0 Å². The van der Waals surface area contributed by atoms with E-state index >= 15 is 0 Å². The third kappa shape index (κ3) is 4.20. The summed E-state index contributed by atoms with van der Waals surface area (Å²) in [5.74, 6) is 1.40. The summed E-state index contributed by atoms with van der Waals surface area (Å²) in [6.45, 7) is 0.478. The van der Waals surface area contributed by atoms with Gasteiger partial charge in [0.05, 0.1) is 11.0 Å². The number of aromatic nitrogens is 2. The highest BCUT2D eigenvalue weighted by atomic mass is 16.5. The quantitative estimate of drug-likeness (QED) is 0.517. The molecule has 0 aliphatic rings. The van der Waals surface area contributed by atoms with Crippen molar-refractivity contribution in [1.82, 2.24) is 15.3 Å². The molecule has 0 saturated heterocycles. The van der Waals surface area contributed by atoms with Gasteiger partial charge in [-0.1, -0.05) is 60.7 Å². The van der Waals surface area contributed by atoms with E-state index in [4.69, 9.17) is 4.74 Å². The van der Waals surface area contributed by atoms with Crippen LogP contribution in [0.2, 0.25) is 0 Å². The average molecular weight is 371 g/mol. The zero-order chi connectivity index (χ0) is 19.2. The summed E-state index contributed by atoms with van der Waals surface area (Å²) in [5.41, 5.74) is 3.97. The zero-order valence-corrected chi connectivity index (χ0v) is 15.4. The molecule has 0 aliphatic carbocycles. The van der Waals surface area contributed by atoms with Crippen LogP contribution in [-0.2, 0) is 11.2 Å². The Bertz CT molecular complexity index is 1040. The molecule has 0 unspecified atom stereocenters. The summed E-state index contributed by atoms with van der Waals surface area (Å²) in [7, 11) is 0. The summed E-state index contributed by atoms with van der Waals surface area (Å²) in [4.78, 5) is 19.9. The first-order chi connectivity index (χ1) is 13.8. The number of benzene rings is 3. The van der Waals surface area contributed by atoms with E-state index in [0.29, 0.717) is 18.7 Å². The van der Waals surface area contributed by atoms with Crippen LogP contribution in [0, 0.1) is 0 Å². The van der Waals surface area contributed by atoms with E-state index in [0.717, 1.165) is 28.0 Å². The maximum Gasteiger partial charge on any atom is 0.257 e. The van der Waals surface area contributed by atoms with Gasteiger partial charge in [0, 0.05) is 18.5 Å². The molecule has 0 spiro atoms. The number of nitrogens with zero attached hydrogens (tertiary/aromatic N) is 1. The molecule has 1 aromatic heterocycles. The number of imidazole rings is 1. The molecule has 0 fully saturated rings. The van der Waals surface area contributed by atoms with Gasteiger partial charge in [-0.15, -0.1) is 0 Å². The van der Waals surface area contributed by atoms with Gasteiger partial charge in [-0.3, -0.25) is 4.79 Å². The lowest BCUT2D eigenvalue weighted by Crippen LogP contribution is -2.30. The number of amides is 1. The fraction of sp³-hybridized carbons (Fsp3) is 0.130. The summed E-state index contributed by atoms with van der Waals surface area (Å²) < 4.78 is 5.77. The minimum Gasteiger partial charge on any atom is -0.483 e. The molecule has 1 heterocycles. The number of hydrogen-bond acceptors (Lipinski definition) is 3. The van der Waals surface area contributed by atoms with Crippen molar-refractivity contribution in [2.75, 3.05) is 13.2 Å². The molecule has 28 heavy (non-hydrogen) atoms. The van der Waals surface area contributed by atoms with Crippen molar-refractivity contribution < 1.29 is 9.53 Å². The smallest absolute Gasteiger partial charge is 0.257 e. The molecule has 3 aromatic carbocycles. The van der Waals surface area contributed by atoms with Crippen LogP contribution in [0.3, 0.4) is 0 Å². The van der Waals surface area contributed by atoms with Gasteiger partial charge in [-0.25, -0.2) is 4.98 Å². The number of ether oxygens (including phenoxy) is 1. The maximum absolute atomic E-state index is 12.2. The predicted molar refractivity (Wildman–Crippen MR) is 110 cm³/mol. The number of aromatic amines is 1. The predicted octanol–water partition coefficient (Wildman–Crippen LogP) is 3.97. The van der Waals surface area contributed by atoms with E-state index in [9.17, 15) is 4.79 Å². The van der Waals surface area contributed by atoms with E-state index in [1.807, 2.05) is 78.9 Å². The van der Waals surface area contributed by atoms with Gasteiger partial charge in [-0.05, 0) is 23.8 Å². The fourth-order valence-electron chi connectivity index (χ4n) is 3.09. The number of para-hydroxylation sites is 3. The normalized spacial score (nSPS) is 10.7. The molecule has 4 aromatic rings. The van der Waals surface area contributed by atoms with Crippen LogP contribution in [0.1, 0.15) is 5.82 Å². The first kappa shape index (κ1) is 17.8. The highest BCUT2D eigenvalue weighted by Gasteiger charge is 2.08. The number of carbonyl (C=O) groups excluding carboxylic acids is 1. The minimum atomic E-state index is -0.154. The number of fused-ring (bicyclic) bond motifs is 1. The summed E-state index contributed by atoms with van der Waals surface area (Å²) in [6.07, 6.45) is 0.640. The molecule has 5 nitrogen and oxygen atoms in total. The van der Waals surface area contributed by atoms with Gasteiger partial charge >= 0.3 is 0 Å². The molecule has 140 valence electrons. The Hall–Kier alpha value is -3.60. The number of H-pyrrole nitrogens is 1. The lowest BCUT2D eigenvalue weighted by atomic mass is 10.1. The van der Waals surface area contributed by atoms with Crippen LogP contribution in [0.25, 0.3) is 22.2 Å². The molecule has 0 saturated carbocycles. The number of rotatable bonds is 7. The Labute approximate surface area is 163 Å². The first-order valence-corrected chi connectivity index (χ1v) is 9.27. The minimum absolute atomic E-state index is 0.0238. The largest absolute Gasteiger partial charge is 0.483 e. The fourth-order valence-corrected chi connectivity index (χ4v) is 3.09. The molecular weight excluding hydrogens is 350 g/mol. The summed E-state index contributed by atoms with van der Waals surface area (Å²) in [6, 6.07) is 25.6. The number of hydrogen-bond donors (Lipinski definition) is 2. The van der Waals surface area contributed by atoms with E-state index in [-0.39, 0.29) is 12.5 Å². The van der Waals surface area contributed by atoms with Crippen LogP contribution in [0.4, 0.5) is 0 Å². The van der Waals surface area contributed by atoms with E-state index < -0.39 is 0 Å². The molecular formula is C23H21N3O2. The van der Waals surface area contributed by atoms with Crippen molar-refractivity contribution in [2.24, 2.45) is 0 Å². The highest BCUT2D eigenvalue weighted by Crippen LogP contribution is 2.29. The molecule has 4 rings (SSSR count). The van der Waals surface area contributed by atoms with Gasteiger partial charge in [0.25, 0.3) is 5.91 Å². The average Bonchev–Trinajstić information content (AvgIpc) is 3.16. The van der Waals surface area contributed by atoms with E-state index in [1.54, 1.807) is 0 Å². The second kappa shape index (κ2) is 8.39. The van der Waals surface area contributed by atoms with Gasteiger partial charge in [0.2, 0.25) is 0 Å². The standard InChI is InChI=1S/C23H21N3O2/c27-23(24-15-14-22-25-19-11-5-6-12-20(19)26-22)16-28-21-13-7-4-10-18(21)17-8-2-1-3-9-17/h1-13H,14-16H2,(H,24,27)(H,25,26). The number of carbonyl (C=O) groups is 1. The van der Waals surface area contributed by atoms with E-state index in [2.05, 4.69) is 15.3 Å². The van der Waals surface area contributed by atoms with Crippen LogP contribution in [-0.4, -0.2) is 29.0 Å². The lowest BCUT2D eigenvalue weighted by Gasteiger charge is -2.11. The molecule has 0 atom stereocenters. The first-order valence-electron chi connectivity index (χ1n) is 9.27. The van der Waals surface area contributed by atoms with Crippen molar-refractivity contribution in [3.8, 4) is 16.9 Å². The zero-order valence-electron chi connectivity index (χ0n) is 15.4. The lowest BCUT2D eigenvalue weighted by molar-refractivity contribution is -0.123. The third-order valence-electron chi connectivity index (χ3n) is 4.45. The van der Waals surface area contributed by atoms with Gasteiger partial charge < -0.3 is 15.0 Å². The van der Waals surface area contributed by atoms with Crippen LogP contribution < -0.4 is 10.1 Å². The molecule has 0 aliphatic heterocycles. The molecule has 1 amide bonds. The molecule has 2 N–H and O–H groups in total. The maximum atomic E-state index is 12.2. The van der Waals surface area contributed by atoms with Crippen molar-refractivity contribution >= 4 is 16.9 Å². The Kier molecular flexibility index (Phi) is 5.33. The van der Waals surface area contributed by atoms with Gasteiger partial charge in [0.15, 0.2) is 6.61 Å². The second-order valence-electron chi connectivity index (χ2n) is 6.45. The Morgan fingerprint density at radius 3 is 2.54 bits per heavy atom. The Balaban J connectivity index is 1.30. The third-order valence-corrected chi connectivity index (χ3v) is 4.45. The van der Waals surface area contributed by atoms with Crippen molar-refractivity contribution in [2.45, 2.75) is 6.42 Å². The second-order valence-corrected chi connectivity index (χ2v) is 6.45. The van der Waals surface area contributed by atoms with Crippen molar-refractivity contribution in [1.29, 1.82) is 0 Å². The molecule has 0 radical (unpaired) electrons. The monoisotopic (exact) mass is 371 g/mol. The Morgan fingerprint density at radius 2 is 1.68 bits per heavy atom. The van der Waals surface area contributed by atoms with Gasteiger partial charge in [0.1, 0.15) is 11.6 Å². The topological polar surface area (TPSA) is 67.0 Å². The SMILES string of the molecule is O=C(COc1ccccc1-c1ccccc1)NCCc1nc2ccccc2[nH]1. The highest BCUT2D eigenvalue weighted by molar-refractivity contribution is 5.78. The Morgan fingerprint density at radius 1 is 0.929 bits per heavy atom. The molecule has 0 bridgehead atoms. The van der Waals surface area contributed by atoms with Crippen LogP contribution in [0.5, 0.6) is 5.75 Å². The molecule has 5 heteroatoms.